The number of nitrogens with zero attached hydrogens (tertiary/aromatic N) is 3. The summed E-state index contributed by atoms with van der Waals surface area (Å²) in [6.45, 7) is 3.63. The maximum absolute atomic E-state index is 11.7. The van der Waals surface area contributed by atoms with Crippen LogP contribution in [-0.2, 0) is 11.3 Å². The van der Waals surface area contributed by atoms with Crippen LogP contribution >= 0.6 is 0 Å². The van der Waals surface area contributed by atoms with Gasteiger partial charge in [0, 0.05) is 25.3 Å². The number of nitrogen functional groups attached to an aromatic ring is 1. The smallest absolute Gasteiger partial charge is 0.224 e. The predicted molar refractivity (Wildman–Crippen MR) is 67.7 cm³/mol. The average Bonchev–Trinajstić information content (AvgIpc) is 2.94. The summed E-state index contributed by atoms with van der Waals surface area (Å²) < 4.78 is 1.86. The van der Waals surface area contributed by atoms with Crippen molar-refractivity contribution in [3.63, 3.8) is 0 Å². The molecule has 18 heavy (non-hydrogen) atoms. The number of likely N-dealkylation sites (tertiary alicyclic amines) is 1. The summed E-state index contributed by atoms with van der Waals surface area (Å²) in [6.07, 6.45) is 5.65. The van der Waals surface area contributed by atoms with Gasteiger partial charge in [0.15, 0.2) is 0 Å². The normalized spacial score (nSPS) is 28.1. The number of piperidine rings is 1. The number of hydrogen-bond donors (Lipinski definition) is 2. The highest BCUT2D eigenvalue weighted by Crippen LogP contribution is 2.27. The number of fused-ring (bicyclic) bond motifs is 1. The molecule has 6 heteroatoms. The van der Waals surface area contributed by atoms with Crippen LogP contribution in [0.1, 0.15) is 12.8 Å². The van der Waals surface area contributed by atoms with E-state index in [0.29, 0.717) is 11.7 Å². The fraction of sp³-hybridized carbons (Fsp3) is 0.667. The Morgan fingerprint density at radius 3 is 3.17 bits per heavy atom. The Labute approximate surface area is 106 Å². The Balaban J connectivity index is 1.60. The van der Waals surface area contributed by atoms with Gasteiger partial charge >= 0.3 is 0 Å². The molecule has 0 spiro atoms. The van der Waals surface area contributed by atoms with Gasteiger partial charge in [-0.15, -0.1) is 0 Å². The van der Waals surface area contributed by atoms with Gasteiger partial charge in [0.1, 0.15) is 0 Å². The predicted octanol–water partition coefficient (Wildman–Crippen LogP) is -0.324. The standard InChI is InChI=1S/C12H19N5O/c13-9-6-15-17(8-9)5-4-16-3-1-2-10-11(16)7-14-12(10)18/h6,8,10-11H,1-5,7,13H2,(H,14,18). The maximum atomic E-state index is 11.7. The van der Waals surface area contributed by atoms with Crippen LogP contribution < -0.4 is 11.1 Å². The molecule has 3 N–H and O–H groups in total. The molecule has 1 amide bonds. The van der Waals surface area contributed by atoms with Gasteiger partial charge < -0.3 is 11.1 Å². The minimum Gasteiger partial charge on any atom is -0.396 e. The number of nitrogens with two attached hydrogens (primary N) is 1. The van der Waals surface area contributed by atoms with Gasteiger partial charge in [-0.25, -0.2) is 0 Å². The molecule has 6 nitrogen and oxygen atoms in total. The molecule has 1 aromatic heterocycles. The number of rotatable bonds is 3. The first-order valence-corrected chi connectivity index (χ1v) is 6.54. The molecule has 0 saturated carbocycles. The molecule has 2 saturated heterocycles. The second-order valence-electron chi connectivity index (χ2n) is 5.13. The van der Waals surface area contributed by atoms with Crippen molar-refractivity contribution in [2.45, 2.75) is 25.4 Å². The molecule has 0 aromatic carbocycles. The first kappa shape index (κ1) is 11.5. The number of anilines is 1. The average molecular weight is 249 g/mol. The first-order chi connectivity index (χ1) is 8.74. The quantitative estimate of drug-likeness (QED) is 0.769. The van der Waals surface area contributed by atoms with E-state index in [2.05, 4.69) is 15.3 Å². The van der Waals surface area contributed by atoms with E-state index in [1.807, 2.05) is 10.9 Å². The summed E-state index contributed by atoms with van der Waals surface area (Å²) in [6, 6.07) is 0.374. The second kappa shape index (κ2) is 4.61. The lowest BCUT2D eigenvalue weighted by molar-refractivity contribution is -0.124. The number of nitrogens with one attached hydrogen (secondary N) is 1. The Hall–Kier alpha value is -1.56. The fourth-order valence-corrected chi connectivity index (χ4v) is 3.05. The van der Waals surface area contributed by atoms with Crippen molar-refractivity contribution < 1.29 is 4.79 Å². The Bertz CT molecular complexity index is 443. The first-order valence-electron chi connectivity index (χ1n) is 6.54. The molecule has 0 bridgehead atoms. The molecule has 2 atom stereocenters. The molecular formula is C12H19N5O. The third-order valence-electron chi connectivity index (χ3n) is 3.99. The molecule has 0 aliphatic carbocycles. The van der Waals surface area contributed by atoms with Crippen LogP contribution in [0, 0.1) is 5.92 Å². The van der Waals surface area contributed by atoms with Gasteiger partial charge in [-0.3, -0.25) is 14.4 Å². The van der Waals surface area contributed by atoms with Crippen molar-refractivity contribution in [3.05, 3.63) is 12.4 Å². The van der Waals surface area contributed by atoms with Crippen LogP contribution in [0.25, 0.3) is 0 Å². The van der Waals surface area contributed by atoms with Crippen molar-refractivity contribution in [1.29, 1.82) is 0 Å². The van der Waals surface area contributed by atoms with Crippen LogP contribution in [0.5, 0.6) is 0 Å². The topological polar surface area (TPSA) is 76.2 Å². The van der Waals surface area contributed by atoms with E-state index in [9.17, 15) is 4.79 Å². The van der Waals surface area contributed by atoms with Gasteiger partial charge in [0.2, 0.25) is 5.91 Å². The largest absolute Gasteiger partial charge is 0.396 e. The molecule has 2 fully saturated rings. The molecule has 1 aromatic rings. The van der Waals surface area contributed by atoms with Gasteiger partial charge in [0.05, 0.1) is 24.3 Å². The number of amides is 1. The van der Waals surface area contributed by atoms with Crippen LogP contribution in [0.15, 0.2) is 12.4 Å². The minimum atomic E-state index is 0.196. The molecular weight excluding hydrogens is 230 g/mol. The summed E-state index contributed by atoms with van der Waals surface area (Å²) in [7, 11) is 0. The lowest BCUT2D eigenvalue weighted by Gasteiger charge is -2.35. The fourth-order valence-electron chi connectivity index (χ4n) is 3.05. The molecule has 2 aliphatic heterocycles. The van der Waals surface area contributed by atoms with Crippen LogP contribution in [-0.4, -0.2) is 46.3 Å². The highest BCUT2D eigenvalue weighted by Gasteiger charge is 2.40. The van der Waals surface area contributed by atoms with E-state index in [1.54, 1.807) is 6.20 Å². The monoisotopic (exact) mass is 249 g/mol. The Morgan fingerprint density at radius 2 is 2.39 bits per heavy atom. The summed E-state index contributed by atoms with van der Waals surface area (Å²) in [5, 5.41) is 7.15. The van der Waals surface area contributed by atoms with Crippen LogP contribution in [0.3, 0.4) is 0 Å². The SMILES string of the molecule is Nc1cnn(CCN2CCCC3C(=O)NCC32)c1. The summed E-state index contributed by atoms with van der Waals surface area (Å²) in [4.78, 5) is 14.1. The van der Waals surface area contributed by atoms with Crippen LogP contribution in [0.2, 0.25) is 0 Å². The molecule has 98 valence electrons. The van der Waals surface area contributed by atoms with Gasteiger partial charge in [-0.1, -0.05) is 0 Å². The lowest BCUT2D eigenvalue weighted by Crippen LogP contribution is -2.46. The Morgan fingerprint density at radius 1 is 1.50 bits per heavy atom. The Kier molecular flexibility index (Phi) is 2.95. The van der Waals surface area contributed by atoms with Crippen molar-refractivity contribution in [1.82, 2.24) is 20.0 Å². The van der Waals surface area contributed by atoms with E-state index in [4.69, 9.17) is 5.73 Å². The van der Waals surface area contributed by atoms with E-state index >= 15 is 0 Å². The van der Waals surface area contributed by atoms with E-state index in [1.165, 1.54) is 0 Å². The zero-order chi connectivity index (χ0) is 12.5. The summed E-state index contributed by atoms with van der Waals surface area (Å²) in [5.74, 6) is 0.425. The number of aromatic nitrogens is 2. The van der Waals surface area contributed by atoms with Crippen molar-refractivity contribution in [2.24, 2.45) is 5.92 Å². The summed E-state index contributed by atoms with van der Waals surface area (Å²) >= 11 is 0. The summed E-state index contributed by atoms with van der Waals surface area (Å²) in [5.41, 5.74) is 6.34. The number of hydrogen-bond acceptors (Lipinski definition) is 4. The molecule has 2 unspecified atom stereocenters. The van der Waals surface area contributed by atoms with Gasteiger partial charge in [-0.05, 0) is 19.4 Å². The minimum absolute atomic E-state index is 0.196. The lowest BCUT2D eigenvalue weighted by atomic mass is 9.91. The number of carbonyl (C=O) groups is 1. The van der Waals surface area contributed by atoms with E-state index in [-0.39, 0.29) is 11.8 Å². The molecule has 3 heterocycles. The van der Waals surface area contributed by atoms with Crippen molar-refractivity contribution in [2.75, 3.05) is 25.4 Å². The third kappa shape index (κ3) is 2.08. The van der Waals surface area contributed by atoms with Crippen molar-refractivity contribution >= 4 is 11.6 Å². The number of carbonyl (C=O) groups excluding carboxylic acids is 1. The molecule has 3 rings (SSSR count). The van der Waals surface area contributed by atoms with Crippen LogP contribution in [0.4, 0.5) is 5.69 Å². The van der Waals surface area contributed by atoms with Crippen molar-refractivity contribution in [3.8, 4) is 0 Å². The van der Waals surface area contributed by atoms with E-state index in [0.717, 1.165) is 39.0 Å². The zero-order valence-electron chi connectivity index (χ0n) is 10.4. The highest BCUT2D eigenvalue weighted by atomic mass is 16.2. The van der Waals surface area contributed by atoms with E-state index < -0.39 is 0 Å². The maximum Gasteiger partial charge on any atom is 0.224 e. The van der Waals surface area contributed by atoms with Gasteiger partial charge in [-0.2, -0.15) is 5.10 Å². The second-order valence-corrected chi connectivity index (χ2v) is 5.13. The van der Waals surface area contributed by atoms with Gasteiger partial charge in [0.25, 0.3) is 0 Å². The molecule has 0 radical (unpaired) electrons. The molecule has 2 aliphatic rings. The zero-order valence-corrected chi connectivity index (χ0v) is 10.4. The third-order valence-corrected chi connectivity index (χ3v) is 3.99. The highest BCUT2D eigenvalue weighted by molar-refractivity contribution is 5.82.